The molecule has 1 aromatic carbocycles. The van der Waals surface area contributed by atoms with Crippen molar-refractivity contribution in [1.29, 1.82) is 0 Å². The van der Waals surface area contributed by atoms with Crippen LogP contribution in [0.3, 0.4) is 0 Å². The molecule has 0 atom stereocenters. The Kier molecular flexibility index (Phi) is 2.64. The number of nitrogens with two attached hydrogens (primary N) is 1. The summed E-state index contributed by atoms with van der Waals surface area (Å²) in [5.41, 5.74) is 6.25. The Morgan fingerprint density at radius 1 is 1.40 bits per heavy atom. The van der Waals surface area contributed by atoms with Crippen molar-refractivity contribution >= 4 is 0 Å². The van der Waals surface area contributed by atoms with Crippen molar-refractivity contribution in [3.8, 4) is 11.4 Å². The molecule has 0 amide bonds. The van der Waals surface area contributed by atoms with Gasteiger partial charge in [0.25, 0.3) is 0 Å². The highest BCUT2D eigenvalue weighted by atomic mass is 16.3. The zero-order valence-corrected chi connectivity index (χ0v) is 8.17. The van der Waals surface area contributed by atoms with Crippen LogP contribution in [-0.4, -0.2) is 26.4 Å². The second-order valence-corrected chi connectivity index (χ2v) is 3.15. The smallest absolute Gasteiger partial charge is 0.138 e. The number of phenolic OH excluding ortho intramolecular Hbond substituents is 1. The van der Waals surface area contributed by atoms with Crippen LogP contribution < -0.4 is 5.73 Å². The Morgan fingerprint density at radius 2 is 2.27 bits per heavy atom. The van der Waals surface area contributed by atoms with Crippen molar-refractivity contribution < 1.29 is 5.11 Å². The SMILES string of the molecule is NCCc1ncnn1-c1cccc(O)c1. The number of hydrogen-bond donors (Lipinski definition) is 2. The summed E-state index contributed by atoms with van der Waals surface area (Å²) < 4.78 is 1.67. The average molecular weight is 204 g/mol. The first kappa shape index (κ1) is 9.67. The van der Waals surface area contributed by atoms with E-state index in [2.05, 4.69) is 10.1 Å². The number of hydrogen-bond acceptors (Lipinski definition) is 4. The minimum Gasteiger partial charge on any atom is -0.508 e. The molecule has 78 valence electrons. The molecule has 0 fully saturated rings. The zero-order chi connectivity index (χ0) is 10.7. The first-order chi connectivity index (χ1) is 7.31. The molecular formula is C10H12N4O. The fourth-order valence-electron chi connectivity index (χ4n) is 1.41. The number of aromatic nitrogens is 3. The Balaban J connectivity index is 2.40. The van der Waals surface area contributed by atoms with Gasteiger partial charge < -0.3 is 10.8 Å². The number of rotatable bonds is 3. The van der Waals surface area contributed by atoms with E-state index >= 15 is 0 Å². The highest BCUT2D eigenvalue weighted by Crippen LogP contribution is 2.15. The molecular weight excluding hydrogens is 192 g/mol. The molecule has 1 aromatic heterocycles. The maximum absolute atomic E-state index is 9.35. The lowest BCUT2D eigenvalue weighted by molar-refractivity contribution is 0.474. The topological polar surface area (TPSA) is 77.0 Å². The van der Waals surface area contributed by atoms with Crippen molar-refractivity contribution in [3.63, 3.8) is 0 Å². The molecule has 5 nitrogen and oxygen atoms in total. The van der Waals surface area contributed by atoms with Crippen LogP contribution in [0.1, 0.15) is 5.82 Å². The van der Waals surface area contributed by atoms with E-state index in [1.54, 1.807) is 22.9 Å². The first-order valence-corrected chi connectivity index (χ1v) is 4.69. The van der Waals surface area contributed by atoms with Gasteiger partial charge in [-0.1, -0.05) is 6.07 Å². The van der Waals surface area contributed by atoms with Crippen LogP contribution in [0.5, 0.6) is 5.75 Å². The minimum atomic E-state index is 0.210. The van der Waals surface area contributed by atoms with Gasteiger partial charge in [-0.2, -0.15) is 5.10 Å². The van der Waals surface area contributed by atoms with Crippen molar-refractivity contribution in [2.24, 2.45) is 5.73 Å². The van der Waals surface area contributed by atoms with Crippen LogP contribution in [0.15, 0.2) is 30.6 Å². The number of benzene rings is 1. The predicted molar refractivity (Wildman–Crippen MR) is 55.8 cm³/mol. The number of phenols is 1. The molecule has 0 saturated carbocycles. The largest absolute Gasteiger partial charge is 0.508 e. The van der Waals surface area contributed by atoms with Crippen molar-refractivity contribution in [2.75, 3.05) is 6.54 Å². The van der Waals surface area contributed by atoms with Gasteiger partial charge in [-0.25, -0.2) is 9.67 Å². The summed E-state index contributed by atoms with van der Waals surface area (Å²) in [7, 11) is 0. The van der Waals surface area contributed by atoms with Gasteiger partial charge in [-0.15, -0.1) is 0 Å². The highest BCUT2D eigenvalue weighted by Gasteiger charge is 2.05. The summed E-state index contributed by atoms with van der Waals surface area (Å²) in [4.78, 5) is 4.10. The third kappa shape index (κ3) is 1.97. The van der Waals surface area contributed by atoms with Crippen molar-refractivity contribution in [2.45, 2.75) is 6.42 Å². The molecule has 3 N–H and O–H groups in total. The quantitative estimate of drug-likeness (QED) is 0.762. The zero-order valence-electron chi connectivity index (χ0n) is 8.17. The van der Waals surface area contributed by atoms with E-state index in [4.69, 9.17) is 5.73 Å². The van der Waals surface area contributed by atoms with Crippen LogP contribution in [-0.2, 0) is 6.42 Å². The lowest BCUT2D eigenvalue weighted by Gasteiger charge is -2.04. The van der Waals surface area contributed by atoms with Gasteiger partial charge in [0, 0.05) is 12.5 Å². The van der Waals surface area contributed by atoms with E-state index in [1.807, 2.05) is 6.07 Å². The molecule has 1 heterocycles. The van der Waals surface area contributed by atoms with Crippen LogP contribution in [0.2, 0.25) is 0 Å². The summed E-state index contributed by atoms with van der Waals surface area (Å²) in [6.07, 6.45) is 2.14. The molecule has 0 aliphatic heterocycles. The number of aromatic hydroxyl groups is 1. The van der Waals surface area contributed by atoms with Crippen LogP contribution in [0.4, 0.5) is 0 Å². The lowest BCUT2D eigenvalue weighted by atomic mass is 10.3. The molecule has 0 unspecified atom stereocenters. The van der Waals surface area contributed by atoms with Crippen LogP contribution in [0.25, 0.3) is 5.69 Å². The third-order valence-electron chi connectivity index (χ3n) is 2.06. The Morgan fingerprint density at radius 3 is 3.00 bits per heavy atom. The Hall–Kier alpha value is -1.88. The monoisotopic (exact) mass is 204 g/mol. The summed E-state index contributed by atoms with van der Waals surface area (Å²) in [5.74, 6) is 1.00. The fourth-order valence-corrected chi connectivity index (χ4v) is 1.41. The Bertz CT molecular complexity index is 452. The standard InChI is InChI=1S/C10H12N4O/c11-5-4-10-12-7-13-14(10)8-2-1-3-9(15)6-8/h1-3,6-7,15H,4-5,11H2. The van der Waals surface area contributed by atoms with E-state index in [0.717, 1.165) is 11.5 Å². The van der Waals surface area contributed by atoms with Crippen molar-refractivity contribution in [3.05, 3.63) is 36.4 Å². The van der Waals surface area contributed by atoms with Gasteiger partial charge >= 0.3 is 0 Å². The summed E-state index contributed by atoms with van der Waals surface area (Å²) in [6.45, 7) is 0.525. The third-order valence-corrected chi connectivity index (χ3v) is 2.06. The normalized spacial score (nSPS) is 10.5. The molecule has 0 spiro atoms. The molecule has 0 saturated heterocycles. The van der Waals surface area contributed by atoms with Gasteiger partial charge in [-0.05, 0) is 18.7 Å². The molecule has 2 aromatic rings. The molecule has 2 rings (SSSR count). The summed E-state index contributed by atoms with van der Waals surface area (Å²) in [5, 5.41) is 13.4. The predicted octanol–water partition coefficient (Wildman–Crippen LogP) is 0.474. The average Bonchev–Trinajstić information content (AvgIpc) is 2.66. The van der Waals surface area contributed by atoms with Gasteiger partial charge in [0.15, 0.2) is 0 Å². The van der Waals surface area contributed by atoms with E-state index in [-0.39, 0.29) is 5.75 Å². The molecule has 0 aliphatic rings. The second-order valence-electron chi connectivity index (χ2n) is 3.15. The first-order valence-electron chi connectivity index (χ1n) is 4.69. The van der Waals surface area contributed by atoms with Gasteiger partial charge in [0.2, 0.25) is 0 Å². The molecule has 0 radical (unpaired) electrons. The van der Waals surface area contributed by atoms with Crippen molar-refractivity contribution in [1.82, 2.24) is 14.8 Å². The lowest BCUT2D eigenvalue weighted by Crippen LogP contribution is -2.09. The van der Waals surface area contributed by atoms with E-state index in [0.29, 0.717) is 13.0 Å². The van der Waals surface area contributed by atoms with Gasteiger partial charge in [-0.3, -0.25) is 0 Å². The number of nitrogens with zero attached hydrogens (tertiary/aromatic N) is 3. The van der Waals surface area contributed by atoms with E-state index < -0.39 is 0 Å². The van der Waals surface area contributed by atoms with Gasteiger partial charge in [0.1, 0.15) is 17.9 Å². The van der Waals surface area contributed by atoms with E-state index in [9.17, 15) is 5.11 Å². The maximum Gasteiger partial charge on any atom is 0.138 e. The highest BCUT2D eigenvalue weighted by molar-refractivity contribution is 5.38. The summed E-state index contributed by atoms with van der Waals surface area (Å²) in [6, 6.07) is 6.87. The molecule has 0 aliphatic carbocycles. The Labute approximate surface area is 87.2 Å². The van der Waals surface area contributed by atoms with Crippen LogP contribution in [0, 0.1) is 0 Å². The van der Waals surface area contributed by atoms with E-state index in [1.165, 1.54) is 6.33 Å². The van der Waals surface area contributed by atoms with Crippen LogP contribution >= 0.6 is 0 Å². The van der Waals surface area contributed by atoms with Gasteiger partial charge in [0.05, 0.1) is 5.69 Å². The minimum absolute atomic E-state index is 0.210. The second kappa shape index (κ2) is 4.10. The fraction of sp³-hybridized carbons (Fsp3) is 0.200. The molecule has 0 bridgehead atoms. The molecule has 5 heteroatoms. The maximum atomic E-state index is 9.35. The summed E-state index contributed by atoms with van der Waals surface area (Å²) >= 11 is 0. The molecule has 15 heavy (non-hydrogen) atoms.